The topological polar surface area (TPSA) is 37.4 Å². The molecule has 0 saturated carbocycles. The molecule has 0 spiro atoms. The zero-order chi connectivity index (χ0) is 17.1. The van der Waals surface area contributed by atoms with Gasteiger partial charge in [0.25, 0.3) is 0 Å². The second-order valence-corrected chi connectivity index (χ2v) is 8.50. The Hall–Kier alpha value is 0.292. The predicted octanol–water partition coefficient (Wildman–Crippen LogP) is 0.761. The van der Waals surface area contributed by atoms with Gasteiger partial charge in [0.2, 0.25) is 0 Å². The van der Waals surface area contributed by atoms with Gasteiger partial charge in [0.15, 0.2) is 0 Å². The van der Waals surface area contributed by atoms with Crippen LogP contribution in [0.1, 0.15) is 6.92 Å². The molecule has 0 radical (unpaired) electrons. The molecule has 0 aliphatic rings. The third kappa shape index (κ3) is 9.12. The SMILES string of the molecule is CN(C)C(C)(N(C)C)N(C)C.CO[CH2][Cr]([CH2]OC)[CH2]OC. The van der Waals surface area contributed by atoms with Crippen molar-refractivity contribution in [3.63, 3.8) is 0 Å². The van der Waals surface area contributed by atoms with Gasteiger partial charge in [-0.2, -0.15) is 0 Å². The molecule has 0 fully saturated rings. The second kappa shape index (κ2) is 12.8. The quantitative estimate of drug-likeness (QED) is 0.574. The van der Waals surface area contributed by atoms with Gasteiger partial charge < -0.3 is 0 Å². The van der Waals surface area contributed by atoms with E-state index in [2.05, 4.69) is 63.9 Å². The van der Waals surface area contributed by atoms with Gasteiger partial charge in [-0.15, -0.1) is 0 Å². The van der Waals surface area contributed by atoms with Crippen LogP contribution in [-0.2, 0) is 28.4 Å². The maximum atomic E-state index is 5.00. The summed E-state index contributed by atoms with van der Waals surface area (Å²) in [7, 11) is 17.6. The summed E-state index contributed by atoms with van der Waals surface area (Å²) in [5.41, 5.74) is 2.46. The Morgan fingerprint density at radius 2 is 0.905 bits per heavy atom. The van der Waals surface area contributed by atoms with Crippen molar-refractivity contribution in [2.24, 2.45) is 0 Å². The van der Waals surface area contributed by atoms with Gasteiger partial charge in [-0.3, -0.25) is 14.7 Å². The van der Waals surface area contributed by atoms with Crippen LogP contribution in [-0.4, -0.2) is 101 Å². The van der Waals surface area contributed by atoms with Crippen molar-refractivity contribution in [2.45, 2.75) is 12.7 Å². The number of rotatable bonds is 9. The number of nitrogens with zero attached hydrogens (tertiary/aromatic N) is 3. The summed E-state index contributed by atoms with van der Waals surface area (Å²) >= 11 is -0.774. The van der Waals surface area contributed by atoms with E-state index < -0.39 is 14.1 Å². The molecule has 0 amide bonds. The maximum absolute atomic E-state index is 5.00. The van der Waals surface area contributed by atoms with Gasteiger partial charge in [0, 0.05) is 0 Å². The van der Waals surface area contributed by atoms with Gasteiger partial charge in [-0.25, -0.2) is 0 Å². The van der Waals surface area contributed by atoms with E-state index in [9.17, 15) is 0 Å². The summed E-state index contributed by atoms with van der Waals surface area (Å²) < 4.78 is 15.0. The minimum atomic E-state index is -0.774. The molecule has 0 N–H and O–H groups in total. The van der Waals surface area contributed by atoms with Crippen molar-refractivity contribution in [3.8, 4) is 0 Å². The molecule has 0 aromatic rings. The zero-order valence-electron chi connectivity index (χ0n) is 15.6. The summed E-state index contributed by atoms with van der Waals surface area (Å²) in [4.78, 5) is 6.56. The van der Waals surface area contributed by atoms with Crippen LogP contribution < -0.4 is 0 Å². The Labute approximate surface area is 136 Å². The first-order valence-corrected chi connectivity index (χ1v) is 9.52. The van der Waals surface area contributed by atoms with E-state index in [-0.39, 0.29) is 5.79 Å². The summed E-state index contributed by atoms with van der Waals surface area (Å²) in [5, 5.41) is 0. The molecule has 0 aliphatic heterocycles. The molecule has 7 heteroatoms. The van der Waals surface area contributed by atoms with Gasteiger partial charge in [0.05, 0.1) is 0 Å². The summed E-state index contributed by atoms with van der Waals surface area (Å²) in [5.74, 6) is 0. The van der Waals surface area contributed by atoms with Crippen molar-refractivity contribution in [3.05, 3.63) is 0 Å². The van der Waals surface area contributed by atoms with E-state index in [0.717, 1.165) is 16.4 Å². The number of hydrogen-bond donors (Lipinski definition) is 0. The van der Waals surface area contributed by atoms with Crippen LogP contribution in [0.4, 0.5) is 0 Å². The molecular weight excluding hydrogens is 310 g/mol. The molecule has 131 valence electrons. The standard InChI is InChI=1S/C8H21N3.3C2H5O.Cr/c1-8(9(2)3,10(4)5)11(6)7;3*1-3-2;/h1-7H3;3*1H2,2H3;. The Balaban J connectivity index is 0. The fourth-order valence-electron chi connectivity index (χ4n) is 1.80. The van der Waals surface area contributed by atoms with Gasteiger partial charge in [-0.1, -0.05) is 0 Å². The van der Waals surface area contributed by atoms with Crippen LogP contribution >= 0.6 is 0 Å². The van der Waals surface area contributed by atoms with Gasteiger partial charge in [-0.05, 0) is 49.2 Å². The van der Waals surface area contributed by atoms with Gasteiger partial charge in [0.1, 0.15) is 5.79 Å². The van der Waals surface area contributed by atoms with E-state index >= 15 is 0 Å². The van der Waals surface area contributed by atoms with E-state index in [1.807, 2.05) is 0 Å². The summed E-state index contributed by atoms with van der Waals surface area (Å²) in [6.07, 6.45) is 0. The van der Waals surface area contributed by atoms with E-state index in [0.29, 0.717) is 0 Å². The molecule has 0 rings (SSSR count). The van der Waals surface area contributed by atoms with Crippen LogP contribution in [0.15, 0.2) is 0 Å². The Bertz CT molecular complexity index is 205. The Morgan fingerprint density at radius 1 is 0.667 bits per heavy atom. The average molecular weight is 346 g/mol. The van der Waals surface area contributed by atoms with E-state index in [1.54, 1.807) is 21.3 Å². The third-order valence-corrected chi connectivity index (χ3v) is 6.06. The number of ether oxygens (including phenoxy) is 3. The van der Waals surface area contributed by atoms with E-state index in [1.165, 1.54) is 0 Å². The molecule has 0 aromatic carbocycles. The normalized spacial score (nSPS) is 12.3. The minimum absolute atomic E-state index is 0. The first kappa shape index (κ1) is 23.6. The Kier molecular flexibility index (Phi) is 14.4. The third-order valence-electron chi connectivity index (χ3n) is 3.40. The van der Waals surface area contributed by atoms with Crippen LogP contribution in [0.2, 0.25) is 0 Å². The summed E-state index contributed by atoms with van der Waals surface area (Å²) in [6.45, 7) is 2.19. The van der Waals surface area contributed by atoms with Gasteiger partial charge >= 0.3 is 66.1 Å². The summed E-state index contributed by atoms with van der Waals surface area (Å²) in [6, 6.07) is 0. The fraction of sp³-hybridized carbons (Fsp3) is 1.00. The second-order valence-electron chi connectivity index (χ2n) is 5.49. The van der Waals surface area contributed by atoms with Crippen molar-refractivity contribution >= 4 is 0 Å². The Morgan fingerprint density at radius 3 is 1.00 bits per heavy atom. The molecule has 6 nitrogen and oxygen atoms in total. The fourth-order valence-corrected chi connectivity index (χ4v) is 3.68. The monoisotopic (exact) mass is 346 g/mol. The molecule has 0 bridgehead atoms. The van der Waals surface area contributed by atoms with Crippen molar-refractivity contribution in [2.75, 3.05) is 80.0 Å². The molecule has 0 aliphatic carbocycles. The van der Waals surface area contributed by atoms with Crippen LogP contribution in [0.5, 0.6) is 0 Å². The average Bonchev–Trinajstić information content (AvgIpc) is 2.38. The molecule has 21 heavy (non-hydrogen) atoms. The van der Waals surface area contributed by atoms with Crippen LogP contribution in [0, 0.1) is 0 Å². The first-order chi connectivity index (χ1) is 9.68. The van der Waals surface area contributed by atoms with Crippen molar-refractivity contribution in [1.29, 1.82) is 0 Å². The van der Waals surface area contributed by atoms with Crippen LogP contribution in [0.25, 0.3) is 0 Å². The van der Waals surface area contributed by atoms with Crippen LogP contribution in [0.3, 0.4) is 0 Å². The van der Waals surface area contributed by atoms with E-state index in [4.69, 9.17) is 14.2 Å². The zero-order valence-corrected chi connectivity index (χ0v) is 16.9. The molecular formula is C14H36CrN3O3. The molecule has 0 unspecified atom stereocenters. The molecule has 0 heterocycles. The first-order valence-electron chi connectivity index (χ1n) is 6.81. The van der Waals surface area contributed by atoms with Crippen molar-refractivity contribution in [1.82, 2.24) is 14.7 Å². The molecule has 0 aromatic heterocycles. The predicted molar refractivity (Wildman–Crippen MR) is 85.1 cm³/mol. The van der Waals surface area contributed by atoms with Crippen molar-refractivity contribution < 1.29 is 28.4 Å². The number of hydrogen-bond acceptors (Lipinski definition) is 6. The molecule has 0 atom stereocenters. The molecule has 0 saturated heterocycles. The number of methoxy groups -OCH3 is 3.